The topological polar surface area (TPSA) is 199 Å². The number of hydrogen-bond donors (Lipinski definition) is 8. The average molecular weight is 779 g/mol. The zero-order valence-corrected chi connectivity index (χ0v) is 34.0. The minimum Gasteiger partial charge on any atom is -0.396 e. The predicted molar refractivity (Wildman–Crippen MR) is 200 cm³/mol. The molecular formula is C43H70O12. The second kappa shape index (κ2) is 13.4. The molecule has 8 aliphatic rings. The number of ether oxygens (including phenoxy) is 4. The lowest BCUT2D eigenvalue weighted by atomic mass is 9.32. The van der Waals surface area contributed by atoms with Crippen LogP contribution in [0.5, 0.6) is 0 Å². The zero-order valence-electron chi connectivity index (χ0n) is 34.0. The van der Waals surface area contributed by atoms with Crippen molar-refractivity contribution in [2.45, 2.75) is 179 Å². The summed E-state index contributed by atoms with van der Waals surface area (Å²) >= 11 is 0. The quantitative estimate of drug-likeness (QED) is 0.184. The van der Waals surface area contributed by atoms with Crippen LogP contribution in [0.3, 0.4) is 0 Å². The van der Waals surface area contributed by atoms with E-state index in [1.807, 2.05) is 6.92 Å². The largest absolute Gasteiger partial charge is 0.396 e. The van der Waals surface area contributed by atoms with Crippen molar-refractivity contribution in [1.82, 2.24) is 0 Å². The number of fused-ring (bicyclic) bond motifs is 4. The van der Waals surface area contributed by atoms with Crippen LogP contribution in [-0.4, -0.2) is 134 Å². The van der Waals surface area contributed by atoms with Gasteiger partial charge >= 0.3 is 0 Å². The second-order valence-electron chi connectivity index (χ2n) is 21.5. The Morgan fingerprint density at radius 3 is 2.18 bits per heavy atom. The van der Waals surface area contributed by atoms with Gasteiger partial charge in [-0.2, -0.15) is 0 Å². The molecule has 314 valence electrons. The summed E-state index contributed by atoms with van der Waals surface area (Å²) in [6, 6.07) is 0. The monoisotopic (exact) mass is 778 g/mol. The van der Waals surface area contributed by atoms with Gasteiger partial charge in [-0.15, -0.1) is 0 Å². The van der Waals surface area contributed by atoms with Crippen molar-refractivity contribution in [3.8, 4) is 0 Å². The van der Waals surface area contributed by atoms with Crippen molar-refractivity contribution in [3.05, 3.63) is 12.2 Å². The predicted octanol–water partition coefficient (Wildman–Crippen LogP) is 2.44. The summed E-state index contributed by atoms with van der Waals surface area (Å²) in [4.78, 5) is 0. The fourth-order valence-electron chi connectivity index (χ4n) is 14.8. The van der Waals surface area contributed by atoms with Gasteiger partial charge in [-0.3, -0.25) is 0 Å². The Morgan fingerprint density at radius 2 is 1.49 bits per heavy atom. The fraction of sp³-hybridized carbons (Fsp3) is 0.953. The number of aliphatic hydroxyl groups is 8. The van der Waals surface area contributed by atoms with Crippen LogP contribution in [0.4, 0.5) is 0 Å². The second-order valence-corrected chi connectivity index (χ2v) is 21.5. The van der Waals surface area contributed by atoms with E-state index in [-0.39, 0.29) is 57.4 Å². The van der Waals surface area contributed by atoms with Gasteiger partial charge in [-0.05, 0) is 91.8 Å². The van der Waals surface area contributed by atoms with Crippen molar-refractivity contribution < 1.29 is 59.8 Å². The number of allylic oxidation sites excluding steroid dienone is 1. The summed E-state index contributed by atoms with van der Waals surface area (Å²) < 4.78 is 25.5. The molecular weight excluding hydrogens is 708 g/mol. The van der Waals surface area contributed by atoms with E-state index in [1.54, 1.807) is 0 Å². The molecule has 2 heterocycles. The van der Waals surface area contributed by atoms with E-state index >= 15 is 0 Å². The van der Waals surface area contributed by atoms with Crippen LogP contribution in [-0.2, 0) is 18.9 Å². The Bertz CT molecular complexity index is 1490. The highest BCUT2D eigenvalue weighted by molar-refractivity contribution is 5.36. The number of hydrogen-bond acceptors (Lipinski definition) is 12. The maximum absolute atomic E-state index is 12.1. The van der Waals surface area contributed by atoms with Gasteiger partial charge in [0.1, 0.15) is 36.6 Å². The molecule has 8 rings (SSSR count). The molecule has 2 aliphatic heterocycles. The normalized spacial score (nSPS) is 59.7. The highest BCUT2D eigenvalue weighted by Gasteiger charge is 2.79. The molecule has 0 radical (unpaired) electrons. The first-order chi connectivity index (χ1) is 25.7. The Morgan fingerprint density at radius 1 is 0.764 bits per heavy atom. The molecule has 55 heavy (non-hydrogen) atoms. The van der Waals surface area contributed by atoms with Crippen LogP contribution in [0.15, 0.2) is 12.2 Å². The summed E-state index contributed by atoms with van der Waals surface area (Å²) in [7, 11) is 0. The molecule has 8 N–H and O–H groups in total. The van der Waals surface area contributed by atoms with Crippen LogP contribution < -0.4 is 0 Å². The summed E-state index contributed by atoms with van der Waals surface area (Å²) in [6.07, 6.45) is -0.489. The third-order valence-electron chi connectivity index (χ3n) is 18.4. The Labute approximate surface area is 326 Å². The van der Waals surface area contributed by atoms with E-state index in [9.17, 15) is 40.9 Å². The first-order valence-corrected chi connectivity index (χ1v) is 21.3. The van der Waals surface area contributed by atoms with Crippen LogP contribution in [0, 0.1) is 56.2 Å². The van der Waals surface area contributed by atoms with Crippen LogP contribution >= 0.6 is 0 Å². The molecule has 12 heteroatoms. The lowest BCUT2D eigenvalue weighted by Gasteiger charge is -2.73. The van der Waals surface area contributed by atoms with Crippen molar-refractivity contribution in [2.24, 2.45) is 56.2 Å². The molecule has 2 saturated heterocycles. The third-order valence-corrected chi connectivity index (χ3v) is 18.4. The van der Waals surface area contributed by atoms with Gasteiger partial charge < -0.3 is 59.8 Å². The highest BCUT2D eigenvalue weighted by atomic mass is 16.7. The van der Waals surface area contributed by atoms with E-state index in [0.717, 1.165) is 44.9 Å². The number of aliphatic hydroxyl groups excluding tert-OH is 8. The van der Waals surface area contributed by atoms with Gasteiger partial charge in [0.2, 0.25) is 0 Å². The van der Waals surface area contributed by atoms with Crippen LogP contribution in [0.1, 0.15) is 106 Å². The van der Waals surface area contributed by atoms with Crippen molar-refractivity contribution >= 4 is 0 Å². The maximum atomic E-state index is 12.1. The number of rotatable bonds is 6. The van der Waals surface area contributed by atoms with Gasteiger partial charge in [-0.25, -0.2) is 0 Å². The highest BCUT2D eigenvalue weighted by Crippen LogP contribution is 2.79. The molecule has 0 aromatic rings. The maximum Gasteiger partial charge on any atom is 0.187 e. The summed E-state index contributed by atoms with van der Waals surface area (Å²) in [5.41, 5.74) is -1.70. The molecule has 12 nitrogen and oxygen atoms in total. The van der Waals surface area contributed by atoms with Crippen molar-refractivity contribution in [1.29, 1.82) is 0 Å². The summed E-state index contributed by atoms with van der Waals surface area (Å²) in [5, 5.41) is 87.4. The van der Waals surface area contributed by atoms with Gasteiger partial charge in [0.25, 0.3) is 0 Å². The van der Waals surface area contributed by atoms with Gasteiger partial charge in [-0.1, -0.05) is 60.6 Å². The minimum absolute atomic E-state index is 0.0970. The zero-order chi connectivity index (χ0) is 39.9. The molecule has 6 aliphatic carbocycles. The van der Waals surface area contributed by atoms with Crippen LogP contribution in [0.2, 0.25) is 0 Å². The molecule has 0 amide bonds. The molecule has 2 unspecified atom stereocenters. The van der Waals surface area contributed by atoms with E-state index < -0.39 is 85.0 Å². The molecule has 7 fully saturated rings. The van der Waals surface area contributed by atoms with Gasteiger partial charge in [0.15, 0.2) is 6.29 Å². The molecule has 5 saturated carbocycles. The first kappa shape index (κ1) is 41.0. The van der Waals surface area contributed by atoms with E-state index in [2.05, 4.69) is 53.7 Å². The van der Waals surface area contributed by atoms with E-state index in [1.165, 1.54) is 0 Å². The average Bonchev–Trinajstić information content (AvgIpc) is 3.41. The van der Waals surface area contributed by atoms with Crippen molar-refractivity contribution in [2.75, 3.05) is 19.8 Å². The Kier molecular flexibility index (Phi) is 9.98. The Balaban J connectivity index is 1.05. The molecule has 1 spiro atoms. The minimum atomic E-state index is -1.68. The van der Waals surface area contributed by atoms with Gasteiger partial charge in [0.05, 0.1) is 49.8 Å². The lowest BCUT2D eigenvalue weighted by molar-refractivity contribution is -0.336. The first-order valence-electron chi connectivity index (χ1n) is 21.3. The van der Waals surface area contributed by atoms with E-state index in [0.29, 0.717) is 19.4 Å². The molecule has 0 aromatic carbocycles. The Hall–Kier alpha value is -0.740. The fourth-order valence-corrected chi connectivity index (χ4v) is 14.8. The van der Waals surface area contributed by atoms with E-state index in [4.69, 9.17) is 18.9 Å². The standard InChI is InChI=1S/C43H70O12/c1-22-16-23(32(49)35(30(22)47)55-36-34(51)33(50)31(48)24(19-44)54-36)53-29-10-11-38(4)25(39(29,5)20-45)8-12-40(6)26(38)9-13-43-27-17-37(2,3)14-15-42(27,21-52-43)28(46)18-41(40,43)7/h9,13,22-36,44-51H,8,10-12,14-21H2,1-7H3/t22-,23+,24?,25+,26+,27+,28-,29-,30-,31+,32-,33+,34?,35-,36-,38-,39-,40+,41-,42+,43-/m0/s1. The molecule has 0 aromatic heterocycles. The van der Waals surface area contributed by atoms with Gasteiger partial charge in [0, 0.05) is 22.2 Å². The molecule has 21 atom stereocenters. The van der Waals surface area contributed by atoms with Crippen LogP contribution in [0.25, 0.3) is 0 Å². The smallest absolute Gasteiger partial charge is 0.187 e. The summed E-state index contributed by atoms with van der Waals surface area (Å²) in [6.45, 7) is 15.9. The molecule has 2 bridgehead atoms. The third kappa shape index (κ3) is 5.45. The lowest BCUT2D eigenvalue weighted by Crippen LogP contribution is -2.72. The SMILES string of the molecule is C[C@H]1C[C@@H](O[C@H]2CC[C@@]3(C)[C@@H](CC[C@]4(C)[C@@H]3C=C[C@]35OC[C@@]6(CCC(C)(C)C[C@H]63)[C@@H](O)C[C@]54C)[C@]2(C)CO)[C@H](O)[C@@H](O[C@@H]2OC(CO)[C@@H](O)[C@@H](O)C2O)[C@H]1O. The van der Waals surface area contributed by atoms with Crippen molar-refractivity contribution in [3.63, 3.8) is 0 Å². The summed E-state index contributed by atoms with van der Waals surface area (Å²) in [5.74, 6) is 0.180.